The number of methoxy groups -OCH3 is 2. The Labute approximate surface area is 198 Å². The summed E-state index contributed by atoms with van der Waals surface area (Å²) in [6.07, 6.45) is 3.34. The number of aryl methyl sites for hydroxylation is 2. The summed E-state index contributed by atoms with van der Waals surface area (Å²) in [5.41, 5.74) is 3.00. The molecule has 0 aliphatic rings. The molecule has 172 valence electrons. The van der Waals surface area contributed by atoms with Crippen molar-refractivity contribution in [3.63, 3.8) is 0 Å². The number of hydrogen-bond donors (Lipinski definition) is 2. The third-order valence-corrected chi connectivity index (χ3v) is 5.80. The van der Waals surface area contributed by atoms with Gasteiger partial charge in [0, 0.05) is 17.0 Å². The third-order valence-electron chi connectivity index (χ3n) is 4.98. The predicted octanol–water partition coefficient (Wildman–Crippen LogP) is 4.59. The van der Waals surface area contributed by atoms with Crippen molar-refractivity contribution >= 4 is 29.2 Å². The summed E-state index contributed by atoms with van der Waals surface area (Å²) in [6.45, 7) is 2.56. The quantitative estimate of drug-likeness (QED) is 0.340. The minimum Gasteiger partial charge on any atom is -0.493 e. The van der Waals surface area contributed by atoms with Gasteiger partial charge in [-0.25, -0.2) is 0 Å². The molecule has 0 radical (unpaired) electrons. The molecule has 0 aliphatic heterocycles. The van der Waals surface area contributed by atoms with E-state index in [9.17, 15) is 9.59 Å². The smallest absolute Gasteiger partial charge is 0.267 e. The standard InChI is InChI=1S/C26H28N2O4S/c1-18-7-4-8-19(15-18)9-5-13-27-26(30)22(17-21-10-6-14-33-21)28-25(29)20-11-12-23(31-2)24(16-20)32-3/h4,6-8,10-12,14-17H,5,9,13H2,1-3H3,(H,27,30)(H,28,29)/b22-17-. The lowest BCUT2D eigenvalue weighted by Gasteiger charge is -2.13. The molecule has 2 amide bonds. The fourth-order valence-corrected chi connectivity index (χ4v) is 3.96. The highest BCUT2D eigenvalue weighted by Crippen LogP contribution is 2.27. The van der Waals surface area contributed by atoms with Crippen molar-refractivity contribution in [1.29, 1.82) is 0 Å². The SMILES string of the molecule is COc1ccc(C(=O)N/C(=C\c2cccs2)C(=O)NCCCc2cccc(C)c2)cc1OC. The van der Waals surface area contributed by atoms with Crippen LogP contribution >= 0.6 is 11.3 Å². The van der Waals surface area contributed by atoms with Gasteiger partial charge in [0.1, 0.15) is 5.70 Å². The van der Waals surface area contributed by atoms with Crippen molar-refractivity contribution in [2.45, 2.75) is 19.8 Å². The lowest BCUT2D eigenvalue weighted by Crippen LogP contribution is -2.35. The highest BCUT2D eigenvalue weighted by molar-refractivity contribution is 7.10. The molecule has 0 spiro atoms. The Morgan fingerprint density at radius 3 is 2.52 bits per heavy atom. The van der Waals surface area contributed by atoms with Gasteiger partial charge in [0.2, 0.25) is 0 Å². The number of carbonyl (C=O) groups is 2. The van der Waals surface area contributed by atoms with Gasteiger partial charge < -0.3 is 20.1 Å². The van der Waals surface area contributed by atoms with Crippen LogP contribution in [0.5, 0.6) is 11.5 Å². The minimum atomic E-state index is -0.409. The van der Waals surface area contributed by atoms with Gasteiger partial charge in [0.25, 0.3) is 11.8 Å². The molecule has 0 saturated carbocycles. The lowest BCUT2D eigenvalue weighted by atomic mass is 10.1. The topological polar surface area (TPSA) is 76.7 Å². The lowest BCUT2D eigenvalue weighted by molar-refractivity contribution is -0.117. The Kier molecular flexibility index (Phi) is 8.66. The molecular formula is C26H28N2O4S. The van der Waals surface area contributed by atoms with Crippen molar-refractivity contribution in [3.8, 4) is 11.5 Å². The van der Waals surface area contributed by atoms with Crippen LogP contribution in [0.3, 0.4) is 0 Å². The summed E-state index contributed by atoms with van der Waals surface area (Å²) in [4.78, 5) is 26.6. The second kappa shape index (κ2) is 11.9. The molecule has 3 rings (SSSR count). The Balaban J connectivity index is 1.67. The number of amides is 2. The first-order chi connectivity index (χ1) is 16.0. The van der Waals surface area contributed by atoms with E-state index in [1.165, 1.54) is 36.7 Å². The summed E-state index contributed by atoms with van der Waals surface area (Å²) < 4.78 is 10.5. The maximum Gasteiger partial charge on any atom is 0.267 e. The molecule has 0 atom stereocenters. The number of nitrogens with one attached hydrogen (secondary N) is 2. The zero-order valence-corrected chi connectivity index (χ0v) is 19.8. The van der Waals surface area contributed by atoms with Gasteiger partial charge in [-0.15, -0.1) is 11.3 Å². The summed E-state index contributed by atoms with van der Waals surface area (Å²) in [5, 5.41) is 7.58. The second-order valence-electron chi connectivity index (χ2n) is 7.45. The van der Waals surface area contributed by atoms with Gasteiger partial charge in [-0.2, -0.15) is 0 Å². The van der Waals surface area contributed by atoms with Crippen molar-refractivity contribution < 1.29 is 19.1 Å². The van der Waals surface area contributed by atoms with Crippen molar-refractivity contribution in [3.05, 3.63) is 87.2 Å². The van der Waals surface area contributed by atoms with Crippen LogP contribution in [0.2, 0.25) is 0 Å². The van der Waals surface area contributed by atoms with Crippen LogP contribution < -0.4 is 20.1 Å². The van der Waals surface area contributed by atoms with Crippen LogP contribution in [0.4, 0.5) is 0 Å². The maximum absolute atomic E-state index is 12.9. The molecule has 0 bridgehead atoms. The van der Waals surface area contributed by atoms with Crippen LogP contribution in [-0.2, 0) is 11.2 Å². The van der Waals surface area contributed by atoms with E-state index in [0.29, 0.717) is 23.6 Å². The van der Waals surface area contributed by atoms with Crippen LogP contribution in [0.25, 0.3) is 6.08 Å². The van der Waals surface area contributed by atoms with Crippen LogP contribution in [-0.4, -0.2) is 32.6 Å². The third kappa shape index (κ3) is 6.95. The van der Waals surface area contributed by atoms with Crippen LogP contribution in [0.15, 0.2) is 65.7 Å². The number of benzene rings is 2. The van der Waals surface area contributed by atoms with Crippen LogP contribution in [0, 0.1) is 6.92 Å². The number of rotatable bonds is 10. The number of ether oxygens (including phenoxy) is 2. The second-order valence-corrected chi connectivity index (χ2v) is 8.43. The van der Waals surface area contributed by atoms with Gasteiger partial charge in [-0.1, -0.05) is 35.9 Å². The van der Waals surface area contributed by atoms with E-state index < -0.39 is 5.91 Å². The molecule has 7 heteroatoms. The first-order valence-electron chi connectivity index (χ1n) is 10.6. The molecule has 3 aromatic rings. The Morgan fingerprint density at radius 2 is 1.82 bits per heavy atom. The maximum atomic E-state index is 12.9. The number of carbonyl (C=O) groups excluding carboxylic acids is 2. The minimum absolute atomic E-state index is 0.188. The highest BCUT2D eigenvalue weighted by atomic mass is 32.1. The first-order valence-corrected chi connectivity index (χ1v) is 11.5. The monoisotopic (exact) mass is 464 g/mol. The summed E-state index contributed by atoms with van der Waals surface area (Å²) in [7, 11) is 3.04. The van der Waals surface area contributed by atoms with E-state index in [1.807, 2.05) is 23.6 Å². The van der Waals surface area contributed by atoms with E-state index in [-0.39, 0.29) is 11.6 Å². The van der Waals surface area contributed by atoms with Gasteiger partial charge in [0.15, 0.2) is 11.5 Å². The molecule has 6 nitrogen and oxygen atoms in total. The normalized spacial score (nSPS) is 11.1. The predicted molar refractivity (Wildman–Crippen MR) is 132 cm³/mol. The summed E-state index contributed by atoms with van der Waals surface area (Å²) in [5.74, 6) is 0.222. The average molecular weight is 465 g/mol. The van der Waals surface area contributed by atoms with Gasteiger partial charge >= 0.3 is 0 Å². The van der Waals surface area contributed by atoms with E-state index >= 15 is 0 Å². The Hall–Kier alpha value is -3.58. The van der Waals surface area contributed by atoms with E-state index in [2.05, 4.69) is 35.8 Å². The first kappa shape index (κ1) is 24.1. The zero-order valence-electron chi connectivity index (χ0n) is 19.0. The van der Waals surface area contributed by atoms with E-state index in [4.69, 9.17) is 9.47 Å². The number of hydrogen-bond acceptors (Lipinski definition) is 5. The van der Waals surface area contributed by atoms with Gasteiger partial charge in [-0.3, -0.25) is 9.59 Å². The molecule has 2 aromatic carbocycles. The highest BCUT2D eigenvalue weighted by Gasteiger charge is 2.16. The molecule has 0 unspecified atom stereocenters. The Bertz CT molecular complexity index is 1120. The molecule has 0 fully saturated rings. The molecule has 1 aromatic heterocycles. The number of thiophene rings is 1. The molecule has 0 aliphatic carbocycles. The van der Waals surface area contributed by atoms with Crippen molar-refractivity contribution in [1.82, 2.24) is 10.6 Å². The molecule has 0 saturated heterocycles. The average Bonchev–Trinajstić information content (AvgIpc) is 3.34. The van der Waals surface area contributed by atoms with Gasteiger partial charge in [0.05, 0.1) is 14.2 Å². The van der Waals surface area contributed by atoms with E-state index in [1.54, 1.807) is 24.3 Å². The van der Waals surface area contributed by atoms with Crippen molar-refractivity contribution in [2.24, 2.45) is 0 Å². The van der Waals surface area contributed by atoms with Crippen LogP contribution in [0.1, 0.15) is 32.8 Å². The summed E-state index contributed by atoms with van der Waals surface area (Å²) in [6, 6.07) is 17.0. The molecule has 33 heavy (non-hydrogen) atoms. The van der Waals surface area contributed by atoms with Crippen molar-refractivity contribution in [2.75, 3.05) is 20.8 Å². The fourth-order valence-electron chi connectivity index (χ4n) is 3.30. The molecule has 2 N–H and O–H groups in total. The van der Waals surface area contributed by atoms with Gasteiger partial charge in [-0.05, 0) is 61.1 Å². The fraction of sp³-hybridized carbons (Fsp3) is 0.231. The zero-order chi connectivity index (χ0) is 23.6. The Morgan fingerprint density at radius 1 is 1.00 bits per heavy atom. The molecular weight excluding hydrogens is 436 g/mol. The largest absolute Gasteiger partial charge is 0.493 e. The van der Waals surface area contributed by atoms with E-state index in [0.717, 1.165) is 17.7 Å². The molecule has 1 heterocycles. The summed E-state index contributed by atoms with van der Waals surface area (Å²) >= 11 is 1.49.